The molecule has 3 aromatic rings. The maximum absolute atomic E-state index is 12.7. The number of aryl methyl sites for hydroxylation is 2. The van der Waals surface area contributed by atoms with Crippen LogP contribution in [0.1, 0.15) is 42.6 Å². The minimum atomic E-state index is 0.000648. The van der Waals surface area contributed by atoms with Gasteiger partial charge in [0.15, 0.2) is 0 Å². The monoisotopic (exact) mass is 336 g/mol. The molecule has 1 aromatic carbocycles. The molecule has 1 fully saturated rings. The smallest absolute Gasteiger partial charge is 0.230 e. The van der Waals surface area contributed by atoms with Crippen molar-refractivity contribution in [3.05, 3.63) is 47.3 Å². The van der Waals surface area contributed by atoms with Gasteiger partial charge in [-0.2, -0.15) is 5.10 Å². The molecule has 0 unspecified atom stereocenters. The van der Waals surface area contributed by atoms with Crippen LogP contribution in [0.25, 0.3) is 10.9 Å². The number of hydrogen-bond acceptors (Lipinski definition) is 2. The van der Waals surface area contributed by atoms with Crippen LogP contribution in [0, 0.1) is 19.8 Å². The van der Waals surface area contributed by atoms with Gasteiger partial charge < -0.3 is 10.3 Å². The third-order valence-electron chi connectivity index (χ3n) is 5.29. The van der Waals surface area contributed by atoms with E-state index in [0.717, 1.165) is 33.5 Å². The van der Waals surface area contributed by atoms with Crippen LogP contribution in [0.2, 0.25) is 0 Å². The standard InChI is InChI=1S/C20H24N4O/c1-12-11-21-24(14(3)15-8-9-15)20(12)23-19(25)10-17-13(2)22-18-7-5-4-6-16(17)18/h4-7,11,14-15,22H,8-10H2,1-3H3,(H,23,25)/t14-/m0/s1. The van der Waals surface area contributed by atoms with E-state index in [0.29, 0.717) is 18.4 Å². The van der Waals surface area contributed by atoms with E-state index in [-0.39, 0.29) is 5.91 Å². The highest BCUT2D eigenvalue weighted by Gasteiger charge is 2.31. The number of benzene rings is 1. The molecule has 0 spiro atoms. The average Bonchev–Trinajstić information content (AvgIpc) is 3.32. The second kappa shape index (κ2) is 6.06. The van der Waals surface area contributed by atoms with E-state index < -0.39 is 0 Å². The zero-order valence-electron chi connectivity index (χ0n) is 15.0. The predicted octanol–water partition coefficient (Wildman–Crippen LogP) is 4.13. The van der Waals surface area contributed by atoms with Gasteiger partial charge in [0.25, 0.3) is 0 Å². The number of carbonyl (C=O) groups excluding carboxylic acids is 1. The molecule has 5 nitrogen and oxygen atoms in total. The lowest BCUT2D eigenvalue weighted by Crippen LogP contribution is -2.20. The molecule has 130 valence electrons. The van der Waals surface area contributed by atoms with Gasteiger partial charge in [0.05, 0.1) is 18.7 Å². The molecule has 2 aromatic heterocycles. The Labute approximate surface area is 147 Å². The molecule has 0 bridgehead atoms. The Bertz CT molecular complexity index is 932. The average molecular weight is 336 g/mol. The Morgan fingerprint density at radius 2 is 2.12 bits per heavy atom. The fourth-order valence-corrected chi connectivity index (χ4v) is 3.59. The number of anilines is 1. The number of rotatable bonds is 5. The second-order valence-electron chi connectivity index (χ2n) is 7.20. The summed E-state index contributed by atoms with van der Waals surface area (Å²) in [6, 6.07) is 8.45. The Morgan fingerprint density at radius 3 is 2.88 bits per heavy atom. The zero-order valence-corrected chi connectivity index (χ0v) is 15.0. The van der Waals surface area contributed by atoms with E-state index in [1.807, 2.05) is 42.9 Å². The highest BCUT2D eigenvalue weighted by atomic mass is 16.1. The van der Waals surface area contributed by atoms with Crippen molar-refractivity contribution < 1.29 is 4.79 Å². The van der Waals surface area contributed by atoms with Crippen LogP contribution in [-0.2, 0) is 11.2 Å². The van der Waals surface area contributed by atoms with Crippen LogP contribution in [0.4, 0.5) is 5.82 Å². The minimum absolute atomic E-state index is 0.000648. The molecule has 5 heteroatoms. The highest BCUT2D eigenvalue weighted by Crippen LogP contribution is 2.40. The Hall–Kier alpha value is -2.56. The highest BCUT2D eigenvalue weighted by molar-refractivity contribution is 5.96. The summed E-state index contributed by atoms with van der Waals surface area (Å²) in [5, 5.41) is 8.71. The molecule has 4 rings (SSSR count). The third-order valence-corrected chi connectivity index (χ3v) is 5.29. The van der Waals surface area contributed by atoms with Gasteiger partial charge in [-0.15, -0.1) is 0 Å². The number of hydrogen-bond donors (Lipinski definition) is 2. The molecule has 1 aliphatic carbocycles. The van der Waals surface area contributed by atoms with Crippen molar-refractivity contribution in [3.63, 3.8) is 0 Å². The van der Waals surface area contributed by atoms with Gasteiger partial charge in [0.1, 0.15) is 5.82 Å². The lowest BCUT2D eigenvalue weighted by atomic mass is 10.1. The normalized spacial score (nSPS) is 15.5. The van der Waals surface area contributed by atoms with Gasteiger partial charge in [-0.25, -0.2) is 4.68 Å². The number of nitrogens with zero attached hydrogens (tertiary/aromatic N) is 2. The van der Waals surface area contributed by atoms with E-state index in [1.54, 1.807) is 0 Å². The maximum atomic E-state index is 12.7. The summed E-state index contributed by atoms with van der Waals surface area (Å²) in [5.41, 5.74) is 4.20. The van der Waals surface area contributed by atoms with Crippen molar-refractivity contribution in [2.45, 2.75) is 46.1 Å². The third kappa shape index (κ3) is 2.95. The van der Waals surface area contributed by atoms with Gasteiger partial charge in [0.2, 0.25) is 5.91 Å². The molecule has 0 aliphatic heterocycles. The number of nitrogens with one attached hydrogen (secondary N) is 2. The fraction of sp³-hybridized carbons (Fsp3) is 0.400. The largest absolute Gasteiger partial charge is 0.358 e. The lowest BCUT2D eigenvalue weighted by Gasteiger charge is -2.16. The van der Waals surface area contributed by atoms with E-state index in [2.05, 4.69) is 28.4 Å². The first-order valence-electron chi connectivity index (χ1n) is 8.94. The zero-order chi connectivity index (χ0) is 17.6. The van der Waals surface area contributed by atoms with E-state index in [4.69, 9.17) is 0 Å². The Morgan fingerprint density at radius 1 is 1.36 bits per heavy atom. The number of aromatic nitrogens is 3. The van der Waals surface area contributed by atoms with Crippen molar-refractivity contribution in [1.29, 1.82) is 0 Å². The quantitative estimate of drug-likeness (QED) is 0.736. The number of amides is 1. The SMILES string of the molecule is Cc1cnn([C@@H](C)C2CC2)c1NC(=O)Cc1c(C)[nH]c2ccccc12. The van der Waals surface area contributed by atoms with Crippen molar-refractivity contribution >= 4 is 22.6 Å². The summed E-state index contributed by atoms with van der Waals surface area (Å²) in [6.45, 7) is 6.20. The first kappa shape index (κ1) is 15.9. The summed E-state index contributed by atoms with van der Waals surface area (Å²) in [4.78, 5) is 16.1. The fourth-order valence-electron chi connectivity index (χ4n) is 3.59. The van der Waals surface area contributed by atoms with Gasteiger partial charge in [-0.1, -0.05) is 18.2 Å². The van der Waals surface area contributed by atoms with Crippen LogP contribution in [0.3, 0.4) is 0 Å². The van der Waals surface area contributed by atoms with Crippen LogP contribution < -0.4 is 5.32 Å². The molecule has 0 radical (unpaired) electrons. The molecule has 2 N–H and O–H groups in total. The van der Waals surface area contributed by atoms with Gasteiger partial charge >= 0.3 is 0 Å². The molecule has 2 heterocycles. The van der Waals surface area contributed by atoms with E-state index in [9.17, 15) is 4.79 Å². The van der Waals surface area contributed by atoms with Gasteiger partial charge in [0, 0.05) is 22.2 Å². The number of carbonyl (C=O) groups is 1. The Balaban J connectivity index is 1.56. The Kier molecular flexibility index (Phi) is 3.86. The van der Waals surface area contributed by atoms with Crippen molar-refractivity contribution in [2.75, 3.05) is 5.32 Å². The van der Waals surface area contributed by atoms with Crippen molar-refractivity contribution in [1.82, 2.24) is 14.8 Å². The lowest BCUT2D eigenvalue weighted by molar-refractivity contribution is -0.115. The van der Waals surface area contributed by atoms with Crippen LogP contribution in [-0.4, -0.2) is 20.7 Å². The van der Waals surface area contributed by atoms with Crippen LogP contribution in [0.15, 0.2) is 30.5 Å². The molecule has 0 saturated heterocycles. The summed E-state index contributed by atoms with van der Waals surface area (Å²) >= 11 is 0. The van der Waals surface area contributed by atoms with E-state index in [1.165, 1.54) is 12.8 Å². The topological polar surface area (TPSA) is 62.7 Å². The predicted molar refractivity (Wildman–Crippen MR) is 99.8 cm³/mol. The van der Waals surface area contributed by atoms with Gasteiger partial charge in [-0.05, 0) is 51.2 Å². The molecule has 1 saturated carbocycles. The van der Waals surface area contributed by atoms with Crippen molar-refractivity contribution in [3.8, 4) is 0 Å². The maximum Gasteiger partial charge on any atom is 0.230 e. The molecular formula is C20H24N4O. The van der Waals surface area contributed by atoms with Crippen LogP contribution >= 0.6 is 0 Å². The summed E-state index contributed by atoms with van der Waals surface area (Å²) in [5.74, 6) is 1.52. The summed E-state index contributed by atoms with van der Waals surface area (Å²) < 4.78 is 1.98. The van der Waals surface area contributed by atoms with Crippen molar-refractivity contribution in [2.24, 2.45) is 5.92 Å². The molecule has 1 amide bonds. The minimum Gasteiger partial charge on any atom is -0.358 e. The number of fused-ring (bicyclic) bond motifs is 1. The second-order valence-corrected chi connectivity index (χ2v) is 7.20. The number of para-hydroxylation sites is 1. The first-order valence-corrected chi connectivity index (χ1v) is 8.94. The number of H-pyrrole nitrogens is 1. The summed E-state index contributed by atoms with van der Waals surface area (Å²) in [6.07, 6.45) is 4.70. The molecular weight excluding hydrogens is 312 g/mol. The van der Waals surface area contributed by atoms with Gasteiger partial charge in [-0.3, -0.25) is 4.79 Å². The van der Waals surface area contributed by atoms with Crippen LogP contribution in [0.5, 0.6) is 0 Å². The van der Waals surface area contributed by atoms with E-state index >= 15 is 0 Å². The summed E-state index contributed by atoms with van der Waals surface area (Å²) in [7, 11) is 0. The molecule has 1 atom stereocenters. The number of aromatic amines is 1. The molecule has 25 heavy (non-hydrogen) atoms. The molecule has 1 aliphatic rings. The first-order chi connectivity index (χ1) is 12.0.